The van der Waals surface area contributed by atoms with Crippen LogP contribution < -0.4 is 5.32 Å². The van der Waals surface area contributed by atoms with E-state index in [-0.39, 0.29) is 17.8 Å². The zero-order chi connectivity index (χ0) is 18.1. The van der Waals surface area contributed by atoms with Crippen LogP contribution >= 0.6 is 11.3 Å². The molecule has 2 aromatic heterocycles. The summed E-state index contributed by atoms with van der Waals surface area (Å²) in [6.45, 7) is 2.68. The summed E-state index contributed by atoms with van der Waals surface area (Å²) in [6, 6.07) is 6.26. The van der Waals surface area contributed by atoms with Gasteiger partial charge in [0.1, 0.15) is 10.8 Å². The second kappa shape index (κ2) is 6.99. The summed E-state index contributed by atoms with van der Waals surface area (Å²) >= 11 is 1.62. The highest BCUT2D eigenvalue weighted by Gasteiger charge is 2.27. The minimum atomic E-state index is -0.258. The molecule has 7 heteroatoms. The molecule has 1 aliphatic carbocycles. The van der Waals surface area contributed by atoms with Crippen LogP contribution in [0.15, 0.2) is 36.7 Å². The number of carbonyl (C=O) groups is 1. The van der Waals surface area contributed by atoms with E-state index in [1.54, 1.807) is 35.9 Å². The van der Waals surface area contributed by atoms with Crippen LogP contribution in [0.2, 0.25) is 0 Å². The third-order valence-electron chi connectivity index (χ3n) is 4.61. The van der Waals surface area contributed by atoms with Gasteiger partial charge >= 0.3 is 0 Å². The van der Waals surface area contributed by atoms with Crippen molar-refractivity contribution in [2.75, 3.05) is 0 Å². The average molecular weight is 370 g/mol. The lowest BCUT2D eigenvalue weighted by atomic mass is 9.97. The molecule has 134 valence electrons. The predicted molar refractivity (Wildman–Crippen MR) is 98.6 cm³/mol. The van der Waals surface area contributed by atoms with Crippen LogP contribution in [-0.2, 0) is 13.0 Å². The van der Waals surface area contributed by atoms with Crippen molar-refractivity contribution in [3.63, 3.8) is 0 Å². The van der Waals surface area contributed by atoms with E-state index in [1.165, 1.54) is 17.0 Å². The van der Waals surface area contributed by atoms with E-state index in [4.69, 9.17) is 4.98 Å². The van der Waals surface area contributed by atoms with E-state index in [0.29, 0.717) is 12.4 Å². The number of imidazole rings is 1. The number of carbonyl (C=O) groups excluding carboxylic acids is 1. The first kappa shape index (κ1) is 16.9. The first-order valence-electron chi connectivity index (χ1n) is 8.73. The van der Waals surface area contributed by atoms with Gasteiger partial charge in [0, 0.05) is 29.4 Å². The third-order valence-corrected chi connectivity index (χ3v) is 5.79. The Hall–Kier alpha value is -2.54. The molecule has 1 aromatic carbocycles. The quantitative estimate of drug-likeness (QED) is 0.756. The van der Waals surface area contributed by atoms with Gasteiger partial charge < -0.3 is 9.88 Å². The van der Waals surface area contributed by atoms with Crippen molar-refractivity contribution in [3.05, 3.63) is 58.9 Å². The summed E-state index contributed by atoms with van der Waals surface area (Å²) in [4.78, 5) is 22.7. The molecule has 4 rings (SSSR count). The van der Waals surface area contributed by atoms with Crippen LogP contribution in [-0.4, -0.2) is 20.4 Å². The van der Waals surface area contributed by atoms with Gasteiger partial charge in [0.15, 0.2) is 5.82 Å². The van der Waals surface area contributed by atoms with Crippen molar-refractivity contribution < 1.29 is 9.18 Å². The van der Waals surface area contributed by atoms with Gasteiger partial charge in [0.05, 0.1) is 11.7 Å². The van der Waals surface area contributed by atoms with Crippen molar-refractivity contribution in [2.45, 2.75) is 38.8 Å². The van der Waals surface area contributed by atoms with Crippen molar-refractivity contribution in [1.82, 2.24) is 19.9 Å². The molecule has 1 atom stereocenters. The minimum absolute atomic E-state index is 0.112. The summed E-state index contributed by atoms with van der Waals surface area (Å²) in [6.07, 6.45) is 6.27. The van der Waals surface area contributed by atoms with Crippen molar-refractivity contribution in [2.24, 2.45) is 0 Å². The van der Waals surface area contributed by atoms with Crippen molar-refractivity contribution >= 4 is 17.2 Å². The maximum atomic E-state index is 13.2. The fourth-order valence-corrected chi connectivity index (χ4v) is 4.44. The van der Waals surface area contributed by atoms with Gasteiger partial charge in [-0.25, -0.2) is 14.4 Å². The first-order valence-corrected chi connectivity index (χ1v) is 9.55. The summed E-state index contributed by atoms with van der Waals surface area (Å²) < 4.78 is 15.0. The van der Waals surface area contributed by atoms with Crippen molar-refractivity contribution in [3.8, 4) is 10.6 Å². The molecule has 0 bridgehead atoms. The average Bonchev–Trinajstić information content (AvgIpc) is 3.29. The second-order valence-electron chi connectivity index (χ2n) is 6.29. The number of aryl methyl sites for hydroxylation is 2. The molecule has 26 heavy (non-hydrogen) atoms. The smallest absolute Gasteiger partial charge is 0.287 e. The van der Waals surface area contributed by atoms with Gasteiger partial charge in [0.25, 0.3) is 5.91 Å². The molecule has 1 amide bonds. The van der Waals surface area contributed by atoms with Crippen LogP contribution in [0.4, 0.5) is 4.39 Å². The molecule has 0 fully saturated rings. The van der Waals surface area contributed by atoms with Crippen LogP contribution in [0.25, 0.3) is 10.6 Å². The van der Waals surface area contributed by atoms with Gasteiger partial charge in [-0.2, -0.15) is 0 Å². The predicted octanol–water partition coefficient (Wildman–Crippen LogP) is 3.97. The monoisotopic (exact) mass is 370 g/mol. The minimum Gasteiger partial charge on any atom is -0.341 e. The Morgan fingerprint density at radius 2 is 2.19 bits per heavy atom. The van der Waals surface area contributed by atoms with E-state index >= 15 is 0 Å². The standard InChI is InChI=1S/C19H19FN4OS/c1-2-24-11-10-21-17(24)18(25)22-14-4-3-5-15-16(14)23-19(26-15)12-6-8-13(20)9-7-12/h6-11,14H,2-5H2,1H3,(H,22,25). The van der Waals surface area contributed by atoms with Gasteiger partial charge in [-0.15, -0.1) is 11.3 Å². The van der Waals surface area contributed by atoms with Gasteiger partial charge in [0.2, 0.25) is 0 Å². The summed E-state index contributed by atoms with van der Waals surface area (Å²) in [7, 11) is 0. The lowest BCUT2D eigenvalue weighted by Crippen LogP contribution is -2.32. The van der Waals surface area contributed by atoms with Crippen molar-refractivity contribution in [1.29, 1.82) is 0 Å². The van der Waals surface area contributed by atoms with E-state index in [9.17, 15) is 9.18 Å². The Morgan fingerprint density at radius 3 is 2.96 bits per heavy atom. The van der Waals surface area contributed by atoms with Gasteiger partial charge in [-0.05, 0) is 50.5 Å². The molecule has 5 nitrogen and oxygen atoms in total. The zero-order valence-electron chi connectivity index (χ0n) is 14.4. The molecule has 0 saturated heterocycles. The molecular formula is C19H19FN4OS. The molecule has 2 heterocycles. The molecule has 1 unspecified atom stereocenters. The molecule has 0 radical (unpaired) electrons. The maximum Gasteiger partial charge on any atom is 0.287 e. The third kappa shape index (κ3) is 3.14. The zero-order valence-corrected chi connectivity index (χ0v) is 15.2. The number of fused-ring (bicyclic) bond motifs is 1. The van der Waals surface area contributed by atoms with E-state index in [1.807, 2.05) is 11.5 Å². The molecule has 0 spiro atoms. The molecule has 1 N–H and O–H groups in total. The number of amides is 1. The van der Waals surface area contributed by atoms with Crippen LogP contribution in [0.1, 0.15) is 47.0 Å². The second-order valence-corrected chi connectivity index (χ2v) is 7.37. The highest BCUT2D eigenvalue weighted by atomic mass is 32.1. The Morgan fingerprint density at radius 1 is 1.38 bits per heavy atom. The number of rotatable bonds is 4. The first-order chi connectivity index (χ1) is 12.7. The lowest BCUT2D eigenvalue weighted by Gasteiger charge is -2.22. The van der Waals surface area contributed by atoms with E-state index in [2.05, 4.69) is 10.3 Å². The fraction of sp³-hybridized carbons (Fsp3) is 0.316. The van der Waals surface area contributed by atoms with Gasteiger partial charge in [-0.1, -0.05) is 0 Å². The Labute approximate surface area is 154 Å². The molecule has 1 aliphatic rings. The topological polar surface area (TPSA) is 59.8 Å². The maximum absolute atomic E-state index is 13.2. The summed E-state index contributed by atoms with van der Waals surface area (Å²) in [5.41, 5.74) is 1.83. The number of nitrogens with zero attached hydrogens (tertiary/aromatic N) is 3. The van der Waals surface area contributed by atoms with E-state index in [0.717, 1.165) is 35.5 Å². The summed E-state index contributed by atoms with van der Waals surface area (Å²) in [5, 5.41) is 3.95. The SMILES string of the molecule is CCn1ccnc1C(=O)NC1CCCc2sc(-c3ccc(F)cc3)nc21. The molecule has 0 saturated carbocycles. The number of benzene rings is 1. The van der Waals surface area contributed by atoms with Crippen LogP contribution in [0.5, 0.6) is 0 Å². The number of halogens is 1. The number of hydrogen-bond acceptors (Lipinski definition) is 4. The Bertz CT molecular complexity index is 931. The number of hydrogen-bond donors (Lipinski definition) is 1. The Balaban J connectivity index is 1.59. The number of thiazole rings is 1. The highest BCUT2D eigenvalue weighted by Crippen LogP contribution is 2.37. The van der Waals surface area contributed by atoms with Gasteiger partial charge in [-0.3, -0.25) is 4.79 Å². The summed E-state index contributed by atoms with van der Waals surface area (Å²) in [5.74, 6) is -0.00808. The fourth-order valence-electron chi connectivity index (χ4n) is 3.27. The molecular weight excluding hydrogens is 351 g/mol. The van der Waals surface area contributed by atoms with E-state index < -0.39 is 0 Å². The number of aromatic nitrogens is 3. The molecule has 3 aromatic rings. The lowest BCUT2D eigenvalue weighted by molar-refractivity contribution is 0.0917. The van der Waals surface area contributed by atoms with Crippen LogP contribution in [0, 0.1) is 5.82 Å². The highest BCUT2D eigenvalue weighted by molar-refractivity contribution is 7.15. The Kier molecular flexibility index (Phi) is 4.55. The largest absolute Gasteiger partial charge is 0.341 e. The van der Waals surface area contributed by atoms with Crippen LogP contribution in [0.3, 0.4) is 0 Å². The molecule has 0 aliphatic heterocycles. The normalized spacial score (nSPS) is 16.3. The number of nitrogens with one attached hydrogen (secondary N) is 1.